The number of hydrogen-bond acceptors (Lipinski definition) is 4. The van der Waals surface area contributed by atoms with Crippen molar-refractivity contribution in [2.75, 3.05) is 12.4 Å². The van der Waals surface area contributed by atoms with Gasteiger partial charge in [0.25, 0.3) is 0 Å². The van der Waals surface area contributed by atoms with Crippen molar-refractivity contribution >= 4 is 21.7 Å². The van der Waals surface area contributed by atoms with Gasteiger partial charge in [0.05, 0.1) is 21.9 Å². The van der Waals surface area contributed by atoms with Crippen LogP contribution in [0.2, 0.25) is 0 Å². The molecule has 0 atom stereocenters. The van der Waals surface area contributed by atoms with Gasteiger partial charge in [-0.05, 0) is 35.7 Å². The molecule has 0 unspecified atom stereocenters. The third-order valence-corrected chi connectivity index (χ3v) is 5.11. The van der Waals surface area contributed by atoms with Crippen LogP contribution in [0.15, 0.2) is 10.7 Å². The van der Waals surface area contributed by atoms with E-state index >= 15 is 0 Å². The molecule has 112 valence electrons. The summed E-state index contributed by atoms with van der Waals surface area (Å²) >= 11 is 3.67. The molecule has 2 heterocycles. The molecule has 0 saturated heterocycles. The molecular formula is C15H20BrN5. The van der Waals surface area contributed by atoms with E-state index in [1.54, 1.807) is 0 Å². The normalized spacial score (nSPS) is 15.6. The SMILES string of the molecule is CNc1nc(-c2cnn(C)c2C)nc(C2CCCC2)c1Br. The molecule has 0 spiro atoms. The predicted octanol–water partition coefficient (Wildman–Crippen LogP) is 3.65. The highest BCUT2D eigenvalue weighted by Gasteiger charge is 2.24. The zero-order valence-electron chi connectivity index (χ0n) is 12.6. The molecule has 0 amide bonds. The van der Waals surface area contributed by atoms with Crippen LogP contribution in [-0.2, 0) is 7.05 Å². The average Bonchev–Trinajstić information content (AvgIpc) is 3.11. The second-order valence-corrected chi connectivity index (χ2v) is 6.39. The lowest BCUT2D eigenvalue weighted by molar-refractivity contribution is 0.691. The van der Waals surface area contributed by atoms with Crippen molar-refractivity contribution in [1.82, 2.24) is 19.7 Å². The van der Waals surface area contributed by atoms with E-state index in [9.17, 15) is 0 Å². The summed E-state index contributed by atoms with van der Waals surface area (Å²) in [5.74, 6) is 2.14. The lowest BCUT2D eigenvalue weighted by atomic mass is 10.0. The van der Waals surface area contributed by atoms with Crippen molar-refractivity contribution in [2.24, 2.45) is 7.05 Å². The van der Waals surface area contributed by atoms with Gasteiger partial charge in [0, 0.05) is 25.7 Å². The van der Waals surface area contributed by atoms with Crippen LogP contribution in [0.25, 0.3) is 11.4 Å². The van der Waals surface area contributed by atoms with Gasteiger partial charge in [0.15, 0.2) is 5.82 Å². The second kappa shape index (κ2) is 5.75. The van der Waals surface area contributed by atoms with Crippen molar-refractivity contribution < 1.29 is 0 Å². The summed E-state index contributed by atoms with van der Waals surface area (Å²) in [6.45, 7) is 2.04. The first-order valence-corrected chi connectivity index (χ1v) is 8.15. The van der Waals surface area contributed by atoms with Crippen LogP contribution in [0.1, 0.15) is 43.0 Å². The zero-order valence-corrected chi connectivity index (χ0v) is 14.2. The highest BCUT2D eigenvalue weighted by molar-refractivity contribution is 9.10. The molecule has 0 radical (unpaired) electrons. The standard InChI is InChI=1S/C15H20BrN5/c1-9-11(8-18-21(9)3)14-19-13(10-6-4-5-7-10)12(16)15(17-2)20-14/h8,10H,4-7H2,1-3H3,(H,17,19,20). The summed E-state index contributed by atoms with van der Waals surface area (Å²) < 4.78 is 2.86. The van der Waals surface area contributed by atoms with Crippen molar-refractivity contribution in [3.05, 3.63) is 22.1 Å². The van der Waals surface area contributed by atoms with Crippen LogP contribution in [-0.4, -0.2) is 26.8 Å². The monoisotopic (exact) mass is 349 g/mol. The minimum atomic E-state index is 0.533. The highest BCUT2D eigenvalue weighted by Crippen LogP contribution is 2.39. The van der Waals surface area contributed by atoms with Crippen molar-refractivity contribution in [2.45, 2.75) is 38.5 Å². The molecule has 5 nitrogen and oxygen atoms in total. The summed E-state index contributed by atoms with van der Waals surface area (Å²) in [5.41, 5.74) is 3.21. The molecule has 1 aliphatic carbocycles. The van der Waals surface area contributed by atoms with E-state index in [-0.39, 0.29) is 0 Å². The number of anilines is 1. The van der Waals surface area contributed by atoms with Crippen molar-refractivity contribution in [1.29, 1.82) is 0 Å². The third kappa shape index (κ3) is 2.57. The highest BCUT2D eigenvalue weighted by atomic mass is 79.9. The molecule has 1 saturated carbocycles. The lowest BCUT2D eigenvalue weighted by Crippen LogP contribution is -2.06. The van der Waals surface area contributed by atoms with E-state index in [0.717, 1.165) is 33.1 Å². The molecule has 3 rings (SSSR count). The fraction of sp³-hybridized carbons (Fsp3) is 0.533. The second-order valence-electron chi connectivity index (χ2n) is 5.59. The molecule has 21 heavy (non-hydrogen) atoms. The molecule has 0 aliphatic heterocycles. The number of halogens is 1. The molecule has 1 fully saturated rings. The van der Waals surface area contributed by atoms with Gasteiger partial charge in [0.2, 0.25) is 0 Å². The summed E-state index contributed by atoms with van der Waals surface area (Å²) in [7, 11) is 3.83. The summed E-state index contributed by atoms with van der Waals surface area (Å²) in [4.78, 5) is 9.50. The Hall–Kier alpha value is -1.43. The van der Waals surface area contributed by atoms with Crippen molar-refractivity contribution in [3.63, 3.8) is 0 Å². The van der Waals surface area contributed by atoms with Crippen LogP contribution in [0.5, 0.6) is 0 Å². The van der Waals surface area contributed by atoms with Gasteiger partial charge in [-0.15, -0.1) is 0 Å². The van der Waals surface area contributed by atoms with E-state index in [4.69, 9.17) is 4.98 Å². The molecular weight excluding hydrogens is 330 g/mol. The minimum absolute atomic E-state index is 0.533. The van der Waals surface area contributed by atoms with Gasteiger partial charge in [-0.3, -0.25) is 4.68 Å². The Labute approximate surface area is 133 Å². The molecule has 2 aromatic heterocycles. The number of aryl methyl sites for hydroxylation is 1. The summed E-state index contributed by atoms with van der Waals surface area (Å²) in [5, 5.41) is 7.47. The van der Waals surface area contributed by atoms with Crippen LogP contribution in [0.4, 0.5) is 5.82 Å². The van der Waals surface area contributed by atoms with E-state index in [2.05, 4.69) is 31.3 Å². The third-order valence-electron chi connectivity index (χ3n) is 4.33. The molecule has 1 N–H and O–H groups in total. The number of nitrogens with one attached hydrogen (secondary N) is 1. The van der Waals surface area contributed by atoms with Gasteiger partial charge in [0.1, 0.15) is 5.82 Å². The van der Waals surface area contributed by atoms with E-state index in [1.807, 2.05) is 31.9 Å². The quantitative estimate of drug-likeness (QED) is 0.918. The van der Waals surface area contributed by atoms with Gasteiger partial charge < -0.3 is 5.32 Å². The van der Waals surface area contributed by atoms with E-state index < -0.39 is 0 Å². The van der Waals surface area contributed by atoms with Gasteiger partial charge in [-0.1, -0.05) is 12.8 Å². The zero-order chi connectivity index (χ0) is 15.0. The average molecular weight is 350 g/mol. The fourth-order valence-corrected chi connectivity index (χ4v) is 3.64. The Bertz CT molecular complexity index is 658. The molecule has 1 aliphatic rings. The summed E-state index contributed by atoms with van der Waals surface area (Å²) in [6, 6.07) is 0. The smallest absolute Gasteiger partial charge is 0.165 e. The number of nitrogens with zero attached hydrogens (tertiary/aromatic N) is 4. The van der Waals surface area contributed by atoms with Crippen LogP contribution in [0, 0.1) is 6.92 Å². The maximum absolute atomic E-state index is 4.86. The Morgan fingerprint density at radius 3 is 2.57 bits per heavy atom. The Balaban J connectivity index is 2.13. The first-order chi connectivity index (χ1) is 10.1. The van der Waals surface area contributed by atoms with Gasteiger partial charge in [-0.25, -0.2) is 9.97 Å². The lowest BCUT2D eigenvalue weighted by Gasteiger charge is -2.15. The van der Waals surface area contributed by atoms with Crippen LogP contribution < -0.4 is 5.32 Å². The number of aromatic nitrogens is 4. The predicted molar refractivity (Wildman–Crippen MR) is 87.4 cm³/mol. The maximum Gasteiger partial charge on any atom is 0.165 e. The van der Waals surface area contributed by atoms with E-state index in [0.29, 0.717) is 5.92 Å². The first kappa shape index (κ1) is 14.5. The molecule has 0 bridgehead atoms. The van der Waals surface area contributed by atoms with Crippen molar-refractivity contribution in [3.8, 4) is 11.4 Å². The van der Waals surface area contributed by atoms with Gasteiger partial charge in [-0.2, -0.15) is 5.10 Å². The number of rotatable bonds is 3. The molecule has 6 heteroatoms. The Kier molecular flexibility index (Phi) is 3.97. The maximum atomic E-state index is 4.86. The first-order valence-electron chi connectivity index (χ1n) is 7.36. The van der Waals surface area contributed by atoms with Crippen LogP contribution >= 0.6 is 15.9 Å². The Morgan fingerprint density at radius 2 is 2.00 bits per heavy atom. The minimum Gasteiger partial charge on any atom is -0.372 e. The van der Waals surface area contributed by atoms with Gasteiger partial charge >= 0.3 is 0 Å². The van der Waals surface area contributed by atoms with Crippen LogP contribution in [0.3, 0.4) is 0 Å². The topological polar surface area (TPSA) is 55.6 Å². The molecule has 0 aromatic carbocycles. The number of hydrogen-bond donors (Lipinski definition) is 1. The largest absolute Gasteiger partial charge is 0.372 e. The fourth-order valence-electron chi connectivity index (χ4n) is 2.94. The molecule has 2 aromatic rings. The summed E-state index contributed by atoms with van der Waals surface area (Å²) in [6.07, 6.45) is 6.85. The Morgan fingerprint density at radius 1 is 1.29 bits per heavy atom. The van der Waals surface area contributed by atoms with E-state index in [1.165, 1.54) is 25.7 Å².